The number of nitrogens with zero attached hydrogens (tertiary/aromatic N) is 2. The number of rotatable bonds is 6. The SMILES string of the molecule is O=C(Cn1c2ccccc2c2ccccc21)Nc1cc(NC(=O)c2ccc3ccccc3n2)cc(C(=O)O)c1. The highest BCUT2D eigenvalue weighted by atomic mass is 16.4. The lowest BCUT2D eigenvalue weighted by Crippen LogP contribution is -2.19. The van der Waals surface area contributed by atoms with Gasteiger partial charge in [0.15, 0.2) is 0 Å². The molecule has 190 valence electrons. The predicted octanol–water partition coefficient (Wildman–Crippen LogP) is 5.93. The van der Waals surface area contributed by atoms with Gasteiger partial charge in [0.25, 0.3) is 5.91 Å². The van der Waals surface area contributed by atoms with Gasteiger partial charge in [-0.3, -0.25) is 9.59 Å². The molecule has 2 heterocycles. The number of fused-ring (bicyclic) bond motifs is 4. The molecule has 0 aliphatic carbocycles. The second-order valence-electron chi connectivity index (χ2n) is 9.12. The molecule has 8 nitrogen and oxygen atoms in total. The fraction of sp³-hybridized carbons (Fsp3) is 0.0323. The lowest BCUT2D eigenvalue weighted by Gasteiger charge is -2.12. The van der Waals surface area contributed by atoms with Gasteiger partial charge in [0.05, 0.1) is 11.1 Å². The minimum Gasteiger partial charge on any atom is -0.478 e. The largest absolute Gasteiger partial charge is 0.478 e. The molecule has 0 aliphatic heterocycles. The Bertz CT molecular complexity index is 1870. The number of carbonyl (C=O) groups is 3. The highest BCUT2D eigenvalue weighted by molar-refractivity contribution is 6.09. The number of hydrogen-bond donors (Lipinski definition) is 3. The van der Waals surface area contributed by atoms with Gasteiger partial charge < -0.3 is 20.3 Å². The number of amides is 2. The topological polar surface area (TPSA) is 113 Å². The highest BCUT2D eigenvalue weighted by Gasteiger charge is 2.16. The van der Waals surface area contributed by atoms with Crippen LogP contribution in [0.1, 0.15) is 20.8 Å². The Morgan fingerprint density at radius 3 is 2.03 bits per heavy atom. The average Bonchev–Trinajstić information content (AvgIpc) is 3.26. The maximum Gasteiger partial charge on any atom is 0.335 e. The third-order valence-electron chi connectivity index (χ3n) is 6.53. The lowest BCUT2D eigenvalue weighted by atomic mass is 10.1. The summed E-state index contributed by atoms with van der Waals surface area (Å²) in [6.07, 6.45) is 0. The van der Waals surface area contributed by atoms with Crippen LogP contribution in [-0.4, -0.2) is 32.4 Å². The minimum absolute atomic E-state index is 0.0219. The number of hydrogen-bond acceptors (Lipinski definition) is 4. The average molecular weight is 515 g/mol. The zero-order chi connectivity index (χ0) is 26.9. The van der Waals surface area contributed by atoms with Crippen LogP contribution in [0.15, 0.2) is 103 Å². The number of pyridine rings is 1. The molecule has 0 saturated heterocycles. The quantitative estimate of drug-likeness (QED) is 0.255. The van der Waals surface area contributed by atoms with Crippen LogP contribution >= 0.6 is 0 Å². The van der Waals surface area contributed by atoms with Crippen molar-refractivity contribution in [2.45, 2.75) is 6.54 Å². The Kier molecular flexibility index (Phi) is 5.97. The summed E-state index contributed by atoms with van der Waals surface area (Å²) in [5.74, 6) is -2.02. The van der Waals surface area contributed by atoms with Gasteiger partial charge in [-0.1, -0.05) is 60.7 Å². The minimum atomic E-state index is -1.19. The fourth-order valence-electron chi connectivity index (χ4n) is 4.80. The fourth-order valence-corrected chi connectivity index (χ4v) is 4.80. The first-order chi connectivity index (χ1) is 19.0. The number of para-hydroxylation sites is 3. The van der Waals surface area contributed by atoms with E-state index in [1.165, 1.54) is 18.2 Å². The standard InChI is InChI=1S/C31H22N4O4/c36-29(18-35-27-11-5-2-8-23(27)24-9-3-6-12-28(24)35)32-21-15-20(31(38)39)16-22(17-21)33-30(37)26-14-13-19-7-1-4-10-25(19)34-26/h1-17H,18H2,(H,32,36)(H,33,37)(H,38,39). The van der Waals surface area contributed by atoms with Gasteiger partial charge in [-0.05, 0) is 42.5 Å². The summed E-state index contributed by atoms with van der Waals surface area (Å²) < 4.78 is 1.93. The Balaban J connectivity index is 1.27. The third-order valence-corrected chi connectivity index (χ3v) is 6.53. The summed E-state index contributed by atoms with van der Waals surface area (Å²) in [4.78, 5) is 42.3. The van der Waals surface area contributed by atoms with Crippen LogP contribution in [-0.2, 0) is 11.3 Å². The smallest absolute Gasteiger partial charge is 0.335 e. The van der Waals surface area contributed by atoms with E-state index in [0.717, 1.165) is 27.2 Å². The molecule has 0 spiro atoms. The summed E-state index contributed by atoms with van der Waals surface area (Å²) in [5.41, 5.74) is 3.10. The highest BCUT2D eigenvalue weighted by Crippen LogP contribution is 2.29. The number of aromatic carboxylic acids is 1. The Labute approximate surface area is 222 Å². The number of carboxylic acid groups (broad SMARTS) is 1. The monoisotopic (exact) mass is 514 g/mol. The van der Waals surface area contributed by atoms with Crippen molar-refractivity contribution in [3.63, 3.8) is 0 Å². The van der Waals surface area contributed by atoms with E-state index in [4.69, 9.17) is 0 Å². The molecule has 6 rings (SSSR count). The number of carboxylic acids is 1. The zero-order valence-electron chi connectivity index (χ0n) is 20.6. The number of anilines is 2. The van der Waals surface area contributed by atoms with E-state index >= 15 is 0 Å². The first-order valence-corrected chi connectivity index (χ1v) is 12.3. The van der Waals surface area contributed by atoms with Crippen LogP contribution in [0.3, 0.4) is 0 Å². The van der Waals surface area contributed by atoms with E-state index in [1.54, 1.807) is 12.1 Å². The molecule has 6 aromatic rings. The van der Waals surface area contributed by atoms with Crippen molar-refractivity contribution in [2.24, 2.45) is 0 Å². The molecule has 0 fully saturated rings. The normalized spacial score (nSPS) is 11.1. The molecule has 0 bridgehead atoms. The van der Waals surface area contributed by atoms with Crippen molar-refractivity contribution < 1.29 is 19.5 Å². The lowest BCUT2D eigenvalue weighted by molar-refractivity contribution is -0.116. The van der Waals surface area contributed by atoms with Gasteiger partial charge in [0.2, 0.25) is 5.91 Å². The predicted molar refractivity (Wildman–Crippen MR) is 151 cm³/mol. The number of nitrogens with one attached hydrogen (secondary N) is 2. The maximum absolute atomic E-state index is 13.2. The molecule has 2 amide bonds. The van der Waals surface area contributed by atoms with Crippen molar-refractivity contribution in [3.05, 3.63) is 114 Å². The summed E-state index contributed by atoms with van der Waals surface area (Å²) in [7, 11) is 0. The zero-order valence-corrected chi connectivity index (χ0v) is 20.6. The van der Waals surface area contributed by atoms with Crippen LogP contribution in [0.4, 0.5) is 11.4 Å². The summed E-state index contributed by atoms with van der Waals surface area (Å²) in [6, 6.07) is 30.8. The van der Waals surface area contributed by atoms with Crippen LogP contribution < -0.4 is 10.6 Å². The Hall–Kier alpha value is -5.50. The van der Waals surface area contributed by atoms with E-state index in [9.17, 15) is 19.5 Å². The summed E-state index contributed by atoms with van der Waals surface area (Å²) >= 11 is 0. The van der Waals surface area contributed by atoms with Crippen LogP contribution in [0.2, 0.25) is 0 Å². The van der Waals surface area contributed by atoms with Crippen molar-refractivity contribution in [2.75, 3.05) is 10.6 Å². The number of benzene rings is 4. The molecular weight excluding hydrogens is 492 g/mol. The van der Waals surface area contributed by atoms with Gasteiger partial charge in [0, 0.05) is 38.6 Å². The molecule has 0 saturated carbocycles. The van der Waals surface area contributed by atoms with Crippen molar-refractivity contribution in [3.8, 4) is 0 Å². The molecule has 2 aromatic heterocycles. The van der Waals surface area contributed by atoms with Gasteiger partial charge in [-0.25, -0.2) is 9.78 Å². The van der Waals surface area contributed by atoms with Crippen LogP contribution in [0.5, 0.6) is 0 Å². The van der Waals surface area contributed by atoms with Gasteiger partial charge in [0.1, 0.15) is 12.2 Å². The van der Waals surface area contributed by atoms with Crippen molar-refractivity contribution in [1.29, 1.82) is 0 Å². The Morgan fingerprint density at radius 1 is 0.718 bits per heavy atom. The van der Waals surface area contributed by atoms with E-state index in [1.807, 2.05) is 77.4 Å². The summed E-state index contributed by atoms with van der Waals surface area (Å²) in [5, 5.41) is 18.1. The second-order valence-corrected chi connectivity index (χ2v) is 9.12. The van der Waals surface area contributed by atoms with Gasteiger partial charge in [-0.2, -0.15) is 0 Å². The van der Waals surface area contributed by atoms with E-state index < -0.39 is 11.9 Å². The van der Waals surface area contributed by atoms with E-state index in [-0.39, 0.29) is 35.1 Å². The van der Waals surface area contributed by atoms with Crippen molar-refractivity contribution >= 4 is 61.9 Å². The van der Waals surface area contributed by atoms with Crippen LogP contribution in [0, 0.1) is 0 Å². The first-order valence-electron chi connectivity index (χ1n) is 12.3. The first kappa shape index (κ1) is 23.9. The number of aromatic nitrogens is 2. The molecule has 4 aromatic carbocycles. The van der Waals surface area contributed by atoms with Gasteiger partial charge >= 0.3 is 5.97 Å². The molecule has 8 heteroatoms. The van der Waals surface area contributed by atoms with Crippen LogP contribution in [0.25, 0.3) is 32.7 Å². The number of carbonyl (C=O) groups excluding carboxylic acids is 2. The molecular formula is C31H22N4O4. The molecule has 0 unspecified atom stereocenters. The maximum atomic E-state index is 13.2. The molecule has 0 radical (unpaired) electrons. The molecule has 0 atom stereocenters. The van der Waals surface area contributed by atoms with Crippen molar-refractivity contribution in [1.82, 2.24) is 9.55 Å². The molecule has 39 heavy (non-hydrogen) atoms. The molecule has 0 aliphatic rings. The molecule has 3 N–H and O–H groups in total. The van der Waals surface area contributed by atoms with E-state index in [2.05, 4.69) is 15.6 Å². The Morgan fingerprint density at radius 2 is 1.33 bits per heavy atom. The second kappa shape index (κ2) is 9.75. The summed E-state index contributed by atoms with van der Waals surface area (Å²) in [6.45, 7) is 0.0219. The van der Waals surface area contributed by atoms with E-state index in [0.29, 0.717) is 5.52 Å². The van der Waals surface area contributed by atoms with Gasteiger partial charge in [-0.15, -0.1) is 0 Å². The third kappa shape index (κ3) is 4.67.